The molecule has 0 atom stereocenters. The number of hydrogen-bond donors (Lipinski definition) is 2. The Hall–Kier alpha value is -3.59. The lowest BCUT2D eigenvalue weighted by molar-refractivity contribution is -0.112. The third-order valence-electron chi connectivity index (χ3n) is 4.03. The highest BCUT2D eigenvalue weighted by molar-refractivity contribution is 6.07. The van der Waals surface area contributed by atoms with Gasteiger partial charge >= 0.3 is 5.97 Å². The highest BCUT2D eigenvalue weighted by atomic mass is 16.5. The molecule has 1 amide bonds. The van der Waals surface area contributed by atoms with Crippen molar-refractivity contribution in [2.24, 2.45) is 0 Å². The number of esters is 1. The first kappa shape index (κ1) is 19.7. The molecule has 0 aromatic heterocycles. The van der Waals surface area contributed by atoms with Crippen molar-refractivity contribution in [1.82, 2.24) is 0 Å². The van der Waals surface area contributed by atoms with Gasteiger partial charge in [-0.15, -0.1) is 0 Å². The van der Waals surface area contributed by atoms with E-state index in [1.165, 1.54) is 13.3 Å². The van der Waals surface area contributed by atoms with Crippen LogP contribution in [-0.4, -0.2) is 19.0 Å². The normalized spacial score (nSPS) is 10.7. The van der Waals surface area contributed by atoms with E-state index in [0.29, 0.717) is 11.3 Å². The van der Waals surface area contributed by atoms with Crippen LogP contribution in [0.25, 0.3) is 0 Å². The summed E-state index contributed by atoms with van der Waals surface area (Å²) in [6.45, 7) is 3.91. The van der Waals surface area contributed by atoms with Crippen molar-refractivity contribution in [2.45, 2.75) is 20.3 Å². The molecule has 2 aromatic rings. The van der Waals surface area contributed by atoms with Gasteiger partial charge in [0.2, 0.25) is 0 Å². The lowest BCUT2D eigenvalue weighted by atomic mass is 10.1. The fourth-order valence-corrected chi connectivity index (χ4v) is 2.51. The van der Waals surface area contributed by atoms with Crippen LogP contribution < -0.4 is 10.6 Å². The third kappa shape index (κ3) is 4.95. The van der Waals surface area contributed by atoms with Gasteiger partial charge in [-0.05, 0) is 48.7 Å². The number of benzene rings is 2. The average molecular weight is 363 g/mol. The summed E-state index contributed by atoms with van der Waals surface area (Å²) < 4.78 is 4.64. The van der Waals surface area contributed by atoms with Crippen molar-refractivity contribution in [1.29, 1.82) is 5.26 Å². The molecule has 0 saturated carbocycles. The number of hydrogen-bond acceptors (Lipinski definition) is 5. The number of nitrogens with one attached hydrogen (secondary N) is 2. The zero-order valence-corrected chi connectivity index (χ0v) is 15.5. The van der Waals surface area contributed by atoms with Crippen LogP contribution in [0, 0.1) is 18.3 Å². The maximum Gasteiger partial charge on any atom is 0.337 e. The highest BCUT2D eigenvalue weighted by Gasteiger charge is 2.13. The second kappa shape index (κ2) is 9.20. The van der Waals surface area contributed by atoms with Crippen LogP contribution in [0.3, 0.4) is 0 Å². The molecule has 0 fully saturated rings. The van der Waals surface area contributed by atoms with E-state index < -0.39 is 11.9 Å². The Balaban J connectivity index is 2.13. The summed E-state index contributed by atoms with van der Waals surface area (Å²) >= 11 is 0. The lowest BCUT2D eigenvalue weighted by Gasteiger charge is -2.12. The van der Waals surface area contributed by atoms with Gasteiger partial charge in [-0.25, -0.2) is 4.79 Å². The van der Waals surface area contributed by atoms with E-state index in [4.69, 9.17) is 0 Å². The number of ether oxygens (including phenoxy) is 1. The molecule has 0 aliphatic heterocycles. The van der Waals surface area contributed by atoms with Gasteiger partial charge in [0.15, 0.2) is 0 Å². The monoisotopic (exact) mass is 363 g/mol. The van der Waals surface area contributed by atoms with Crippen molar-refractivity contribution in [3.8, 4) is 6.07 Å². The molecule has 0 bridgehead atoms. The first-order chi connectivity index (χ1) is 13.0. The first-order valence-electron chi connectivity index (χ1n) is 8.45. The number of nitriles is 1. The van der Waals surface area contributed by atoms with Crippen molar-refractivity contribution >= 4 is 23.3 Å². The van der Waals surface area contributed by atoms with Crippen LogP contribution in [0.5, 0.6) is 0 Å². The van der Waals surface area contributed by atoms with E-state index in [-0.39, 0.29) is 5.57 Å². The molecule has 6 nitrogen and oxygen atoms in total. The Morgan fingerprint density at radius 1 is 1.19 bits per heavy atom. The molecule has 6 heteroatoms. The number of anilines is 2. The largest absolute Gasteiger partial charge is 0.465 e. The fourth-order valence-electron chi connectivity index (χ4n) is 2.51. The van der Waals surface area contributed by atoms with E-state index in [1.54, 1.807) is 24.3 Å². The van der Waals surface area contributed by atoms with Gasteiger partial charge in [-0.3, -0.25) is 4.79 Å². The number of amides is 1. The van der Waals surface area contributed by atoms with Gasteiger partial charge in [0, 0.05) is 17.6 Å². The number of nitrogens with zero attached hydrogens (tertiary/aromatic N) is 1. The topological polar surface area (TPSA) is 91.2 Å². The zero-order valence-electron chi connectivity index (χ0n) is 15.5. The Bertz CT molecular complexity index is 909. The van der Waals surface area contributed by atoms with Crippen LogP contribution in [0.4, 0.5) is 11.4 Å². The molecule has 0 radical (unpaired) electrons. The summed E-state index contributed by atoms with van der Waals surface area (Å²) in [7, 11) is 1.31. The van der Waals surface area contributed by atoms with Crippen molar-refractivity contribution in [3.63, 3.8) is 0 Å². The summed E-state index contributed by atoms with van der Waals surface area (Å²) in [4.78, 5) is 23.9. The maximum atomic E-state index is 12.5. The quantitative estimate of drug-likeness (QED) is 0.463. The molecular weight excluding hydrogens is 342 g/mol. The molecular formula is C21H21N3O3. The zero-order chi connectivity index (χ0) is 19.8. The smallest absolute Gasteiger partial charge is 0.337 e. The highest BCUT2D eigenvalue weighted by Crippen LogP contribution is 2.21. The van der Waals surface area contributed by atoms with Crippen molar-refractivity contribution in [2.75, 3.05) is 17.7 Å². The summed E-state index contributed by atoms with van der Waals surface area (Å²) in [6.07, 6.45) is 2.11. The molecule has 2 rings (SSSR count). The summed E-state index contributed by atoms with van der Waals surface area (Å²) in [5.41, 5.74) is 3.66. The SMILES string of the molecule is CCc1cccc(C)c1NC(=O)/C(C#N)=C\Nc1ccc(C(=O)OC)cc1. The van der Waals surface area contributed by atoms with Crippen LogP contribution >= 0.6 is 0 Å². The molecule has 2 aromatic carbocycles. The minimum Gasteiger partial charge on any atom is -0.465 e. The number of carbonyl (C=O) groups excluding carboxylic acids is 2. The number of rotatable bonds is 6. The van der Waals surface area contributed by atoms with E-state index in [0.717, 1.165) is 23.2 Å². The Morgan fingerprint density at radius 3 is 2.48 bits per heavy atom. The maximum absolute atomic E-state index is 12.5. The van der Waals surface area contributed by atoms with Gasteiger partial charge in [-0.2, -0.15) is 5.26 Å². The van der Waals surface area contributed by atoms with Gasteiger partial charge in [-0.1, -0.05) is 25.1 Å². The van der Waals surface area contributed by atoms with E-state index in [9.17, 15) is 14.9 Å². The Morgan fingerprint density at radius 2 is 1.89 bits per heavy atom. The number of carbonyl (C=O) groups is 2. The predicted molar refractivity (Wildman–Crippen MR) is 104 cm³/mol. The summed E-state index contributed by atoms with van der Waals surface area (Å²) in [6, 6.07) is 14.2. The predicted octanol–water partition coefficient (Wildman–Crippen LogP) is 3.80. The summed E-state index contributed by atoms with van der Waals surface area (Å²) in [5.74, 6) is -0.917. The number of aryl methyl sites for hydroxylation is 2. The minimum absolute atomic E-state index is 0.0580. The van der Waals surface area contributed by atoms with E-state index >= 15 is 0 Å². The van der Waals surface area contributed by atoms with Gasteiger partial charge in [0.05, 0.1) is 12.7 Å². The fraction of sp³-hybridized carbons (Fsp3) is 0.190. The van der Waals surface area contributed by atoms with Crippen LogP contribution in [0.2, 0.25) is 0 Å². The molecule has 0 aliphatic rings. The molecule has 0 spiro atoms. The second-order valence-electron chi connectivity index (χ2n) is 5.80. The number of para-hydroxylation sites is 1. The van der Waals surface area contributed by atoms with Gasteiger partial charge in [0.25, 0.3) is 5.91 Å². The van der Waals surface area contributed by atoms with Crippen molar-refractivity contribution in [3.05, 3.63) is 70.9 Å². The Labute approximate surface area is 158 Å². The molecule has 138 valence electrons. The average Bonchev–Trinajstić information content (AvgIpc) is 2.69. The molecule has 0 unspecified atom stereocenters. The van der Waals surface area contributed by atoms with Crippen LogP contribution in [0.15, 0.2) is 54.2 Å². The van der Waals surface area contributed by atoms with Crippen LogP contribution in [-0.2, 0) is 16.0 Å². The van der Waals surface area contributed by atoms with Crippen LogP contribution in [0.1, 0.15) is 28.4 Å². The minimum atomic E-state index is -0.486. The molecule has 0 aliphatic carbocycles. The standard InChI is InChI=1S/C21H21N3O3/c1-4-15-7-5-6-14(2)19(15)24-20(25)17(12-22)13-23-18-10-8-16(9-11-18)21(26)27-3/h5-11,13,23H,4H2,1-3H3,(H,24,25)/b17-13-. The molecule has 2 N–H and O–H groups in total. The van der Waals surface area contributed by atoms with Gasteiger partial charge in [0.1, 0.15) is 11.6 Å². The number of methoxy groups -OCH3 is 1. The Kier molecular flexibility index (Phi) is 6.73. The second-order valence-corrected chi connectivity index (χ2v) is 5.80. The molecule has 27 heavy (non-hydrogen) atoms. The van der Waals surface area contributed by atoms with E-state index in [2.05, 4.69) is 15.4 Å². The molecule has 0 heterocycles. The third-order valence-corrected chi connectivity index (χ3v) is 4.03. The van der Waals surface area contributed by atoms with Gasteiger partial charge < -0.3 is 15.4 Å². The van der Waals surface area contributed by atoms with Crippen molar-refractivity contribution < 1.29 is 14.3 Å². The lowest BCUT2D eigenvalue weighted by Crippen LogP contribution is -2.16. The molecule has 0 saturated heterocycles. The first-order valence-corrected chi connectivity index (χ1v) is 8.45. The van der Waals surface area contributed by atoms with E-state index in [1.807, 2.05) is 38.1 Å². The summed E-state index contributed by atoms with van der Waals surface area (Å²) in [5, 5.41) is 15.0.